The van der Waals surface area contributed by atoms with Crippen LogP contribution in [-0.2, 0) is 14.8 Å². The monoisotopic (exact) mass is 361 g/mol. The number of carbonyl (C=O) groups excluding carboxylic acids is 1. The third-order valence-corrected chi connectivity index (χ3v) is 6.36. The molecule has 1 saturated carbocycles. The number of hydrogen-bond acceptors (Lipinski definition) is 5. The van der Waals surface area contributed by atoms with Gasteiger partial charge >= 0.3 is 0 Å². The van der Waals surface area contributed by atoms with Crippen molar-refractivity contribution in [2.45, 2.75) is 43.0 Å². The maximum absolute atomic E-state index is 12.8. The van der Waals surface area contributed by atoms with Crippen LogP contribution in [0.4, 0.5) is 0 Å². The van der Waals surface area contributed by atoms with Crippen molar-refractivity contribution in [1.29, 1.82) is 5.26 Å². The van der Waals surface area contributed by atoms with Crippen molar-refractivity contribution in [3.63, 3.8) is 0 Å². The van der Waals surface area contributed by atoms with Crippen LogP contribution in [0.2, 0.25) is 0 Å². The molecule has 0 unspecified atom stereocenters. The lowest BCUT2D eigenvalue weighted by atomic mass is 9.95. The molecular formula is C17H19N3O4S. The molecule has 0 radical (unpaired) electrons. The Bertz CT molecular complexity index is 864. The van der Waals surface area contributed by atoms with Crippen molar-refractivity contribution in [1.82, 2.24) is 9.62 Å². The summed E-state index contributed by atoms with van der Waals surface area (Å²) in [7, 11) is -4.08. The van der Waals surface area contributed by atoms with Gasteiger partial charge < -0.3 is 10.4 Å². The molecule has 1 fully saturated rings. The molecule has 7 nitrogen and oxygen atoms in total. The van der Waals surface area contributed by atoms with E-state index >= 15 is 0 Å². The summed E-state index contributed by atoms with van der Waals surface area (Å²) in [6, 6.07) is 7.61. The van der Waals surface area contributed by atoms with Gasteiger partial charge in [0, 0.05) is 11.6 Å². The molecular weight excluding hydrogens is 342 g/mol. The average molecular weight is 361 g/mol. The Kier molecular flexibility index (Phi) is 4.68. The molecule has 2 N–H and O–H groups in total. The molecule has 1 heterocycles. The molecule has 1 amide bonds. The highest BCUT2D eigenvalue weighted by Gasteiger charge is 2.40. The Morgan fingerprint density at radius 1 is 1.28 bits per heavy atom. The first-order chi connectivity index (χ1) is 12.0. The quantitative estimate of drug-likeness (QED) is 0.799. The predicted octanol–water partition coefficient (Wildman–Crippen LogP) is 1.89. The van der Waals surface area contributed by atoms with Crippen LogP contribution >= 0.6 is 0 Å². The number of nitriles is 1. The third kappa shape index (κ3) is 3.07. The molecule has 3 rings (SSSR count). The van der Waals surface area contributed by atoms with Crippen LogP contribution in [0.5, 0.6) is 0 Å². The van der Waals surface area contributed by atoms with Crippen LogP contribution in [0.15, 0.2) is 34.9 Å². The number of carbonyl (C=O) groups is 1. The maximum atomic E-state index is 12.8. The summed E-state index contributed by atoms with van der Waals surface area (Å²) in [6.07, 6.45) is 4.75. The van der Waals surface area contributed by atoms with E-state index < -0.39 is 28.2 Å². The minimum atomic E-state index is -4.08. The summed E-state index contributed by atoms with van der Waals surface area (Å²) in [5, 5.41) is 22.4. The van der Waals surface area contributed by atoms with E-state index in [4.69, 9.17) is 5.26 Å². The molecule has 1 aromatic rings. The van der Waals surface area contributed by atoms with Gasteiger partial charge in [0.15, 0.2) is 11.5 Å². The molecule has 1 aliphatic carbocycles. The van der Waals surface area contributed by atoms with Crippen LogP contribution in [0, 0.1) is 11.3 Å². The zero-order valence-electron chi connectivity index (χ0n) is 13.6. The van der Waals surface area contributed by atoms with Gasteiger partial charge in [0.25, 0.3) is 15.9 Å². The third-order valence-electron chi connectivity index (χ3n) is 4.55. The van der Waals surface area contributed by atoms with Gasteiger partial charge in [-0.2, -0.15) is 5.26 Å². The highest BCUT2D eigenvalue weighted by molar-refractivity contribution is 7.89. The number of amides is 1. The fraction of sp³-hybridized carbons (Fsp3) is 0.412. The van der Waals surface area contributed by atoms with Crippen LogP contribution in [0.25, 0.3) is 5.76 Å². The van der Waals surface area contributed by atoms with E-state index in [0.717, 1.165) is 32.1 Å². The first-order valence-corrected chi connectivity index (χ1v) is 9.64. The second-order valence-electron chi connectivity index (χ2n) is 6.17. The van der Waals surface area contributed by atoms with Gasteiger partial charge in [0.2, 0.25) is 0 Å². The van der Waals surface area contributed by atoms with Crippen molar-refractivity contribution in [3.05, 3.63) is 35.5 Å². The van der Waals surface area contributed by atoms with Crippen LogP contribution in [-0.4, -0.2) is 36.3 Å². The molecule has 0 aromatic heterocycles. The normalized spacial score (nSPS) is 19.9. The Hall–Kier alpha value is -2.53. The Balaban J connectivity index is 2.04. The molecule has 1 aliphatic heterocycles. The second kappa shape index (κ2) is 6.76. The van der Waals surface area contributed by atoms with Gasteiger partial charge in [-0.15, -0.1) is 0 Å². The average Bonchev–Trinajstić information content (AvgIpc) is 2.61. The zero-order chi connectivity index (χ0) is 18.0. The first kappa shape index (κ1) is 17.3. The van der Waals surface area contributed by atoms with Crippen LogP contribution in [0.1, 0.15) is 37.7 Å². The van der Waals surface area contributed by atoms with Gasteiger partial charge in [-0.1, -0.05) is 31.4 Å². The SMILES string of the molecule is N#CCN1C(C(=O)NC2CCCCC2)=C(O)c2ccccc2S1(=O)=O. The van der Waals surface area contributed by atoms with Crippen molar-refractivity contribution in [2.75, 3.05) is 6.54 Å². The van der Waals surface area contributed by atoms with Crippen molar-refractivity contribution >= 4 is 21.7 Å². The highest BCUT2D eigenvalue weighted by atomic mass is 32.2. The molecule has 0 atom stereocenters. The molecule has 25 heavy (non-hydrogen) atoms. The van der Waals surface area contributed by atoms with Crippen molar-refractivity contribution < 1.29 is 18.3 Å². The number of benzene rings is 1. The Morgan fingerprint density at radius 3 is 2.64 bits per heavy atom. The number of sulfonamides is 1. The summed E-state index contributed by atoms with van der Waals surface area (Å²) in [6.45, 7) is -0.547. The van der Waals surface area contributed by atoms with Crippen molar-refractivity contribution in [2.24, 2.45) is 0 Å². The summed E-state index contributed by atoms with van der Waals surface area (Å²) in [4.78, 5) is 12.6. The molecule has 0 spiro atoms. The molecule has 0 bridgehead atoms. The standard InChI is InChI=1S/C17H19N3O4S/c18-10-11-20-15(17(22)19-12-6-2-1-3-7-12)16(21)13-8-4-5-9-14(13)25(20,23)24/h4-5,8-9,12,21H,1-3,6-7,11H2,(H,19,22). The van der Waals surface area contributed by atoms with Gasteiger partial charge in [-0.25, -0.2) is 12.7 Å². The lowest BCUT2D eigenvalue weighted by Crippen LogP contribution is -2.45. The molecule has 8 heteroatoms. The highest BCUT2D eigenvalue weighted by Crippen LogP contribution is 2.35. The number of aliphatic hydroxyl groups is 1. The minimum absolute atomic E-state index is 0.0506. The smallest absolute Gasteiger partial charge is 0.272 e. The lowest BCUT2D eigenvalue weighted by Gasteiger charge is -2.31. The first-order valence-electron chi connectivity index (χ1n) is 8.20. The van der Waals surface area contributed by atoms with E-state index in [2.05, 4.69) is 5.32 Å². The molecule has 132 valence electrons. The summed E-state index contributed by atoms with van der Waals surface area (Å²) in [5.74, 6) is -1.09. The number of fused-ring (bicyclic) bond motifs is 1. The number of aliphatic hydroxyl groups excluding tert-OH is 1. The number of hydrogen-bond donors (Lipinski definition) is 2. The fourth-order valence-electron chi connectivity index (χ4n) is 3.32. The zero-order valence-corrected chi connectivity index (χ0v) is 14.4. The van der Waals surface area contributed by atoms with Crippen LogP contribution in [0.3, 0.4) is 0 Å². The Labute approximate surface area is 146 Å². The van der Waals surface area contributed by atoms with E-state index in [1.165, 1.54) is 18.2 Å². The van der Waals surface area contributed by atoms with E-state index in [0.29, 0.717) is 4.31 Å². The predicted molar refractivity (Wildman–Crippen MR) is 90.5 cm³/mol. The molecule has 0 saturated heterocycles. The number of nitrogens with one attached hydrogen (secondary N) is 1. The van der Waals surface area contributed by atoms with Gasteiger partial charge in [0.05, 0.1) is 11.0 Å². The van der Waals surface area contributed by atoms with Gasteiger partial charge in [0.1, 0.15) is 6.54 Å². The van der Waals surface area contributed by atoms with Crippen molar-refractivity contribution in [3.8, 4) is 6.07 Å². The number of rotatable bonds is 3. The minimum Gasteiger partial charge on any atom is -0.505 e. The largest absolute Gasteiger partial charge is 0.505 e. The summed E-state index contributed by atoms with van der Waals surface area (Å²) < 4.78 is 26.3. The lowest BCUT2D eigenvalue weighted by molar-refractivity contribution is -0.119. The Morgan fingerprint density at radius 2 is 1.96 bits per heavy atom. The van der Waals surface area contributed by atoms with E-state index in [1.54, 1.807) is 12.1 Å². The summed E-state index contributed by atoms with van der Waals surface area (Å²) >= 11 is 0. The summed E-state index contributed by atoms with van der Waals surface area (Å²) in [5.41, 5.74) is -0.309. The van der Waals surface area contributed by atoms with Crippen LogP contribution < -0.4 is 5.32 Å². The van der Waals surface area contributed by atoms with E-state index in [1.807, 2.05) is 0 Å². The van der Waals surface area contributed by atoms with E-state index in [9.17, 15) is 18.3 Å². The van der Waals surface area contributed by atoms with Gasteiger partial charge in [-0.05, 0) is 25.0 Å². The second-order valence-corrected chi connectivity index (χ2v) is 8.00. The van der Waals surface area contributed by atoms with E-state index in [-0.39, 0.29) is 22.2 Å². The topological polar surface area (TPSA) is 110 Å². The van der Waals surface area contributed by atoms with Gasteiger partial charge in [-0.3, -0.25) is 4.79 Å². The molecule has 1 aromatic carbocycles. The number of nitrogens with zero attached hydrogens (tertiary/aromatic N) is 2. The maximum Gasteiger partial charge on any atom is 0.272 e. The fourth-order valence-corrected chi connectivity index (χ4v) is 4.89. The molecule has 2 aliphatic rings.